The Kier molecular flexibility index (Phi) is 8.26. The number of hydrogen-bond donors (Lipinski definition) is 1. The van der Waals surface area contributed by atoms with E-state index in [-0.39, 0.29) is 24.1 Å². The molecule has 0 bridgehead atoms. The highest BCUT2D eigenvalue weighted by atomic mass is 32.2. The van der Waals surface area contributed by atoms with Crippen molar-refractivity contribution in [1.82, 2.24) is 4.90 Å². The lowest BCUT2D eigenvalue weighted by Crippen LogP contribution is -2.41. The molecule has 1 atom stereocenters. The van der Waals surface area contributed by atoms with Gasteiger partial charge in [0.2, 0.25) is 21.8 Å². The van der Waals surface area contributed by atoms with Crippen LogP contribution >= 0.6 is 0 Å². The first-order valence-corrected chi connectivity index (χ1v) is 14.2. The number of carbonyl (C=O) groups excluding carboxylic acids is 2. The van der Waals surface area contributed by atoms with Crippen molar-refractivity contribution in [2.24, 2.45) is 4.99 Å². The molecule has 8 nitrogen and oxygen atoms in total. The molecule has 9 heteroatoms. The summed E-state index contributed by atoms with van der Waals surface area (Å²) in [6, 6.07) is 23.8. The van der Waals surface area contributed by atoms with Crippen molar-refractivity contribution >= 4 is 44.6 Å². The van der Waals surface area contributed by atoms with Gasteiger partial charge in [0, 0.05) is 19.8 Å². The third kappa shape index (κ3) is 5.94. The molecule has 1 unspecified atom stereocenters. The van der Waals surface area contributed by atoms with Gasteiger partial charge in [-0.15, -0.1) is 0 Å². The molecule has 198 valence electrons. The number of nitrogens with zero attached hydrogens (tertiary/aromatic N) is 3. The Balaban J connectivity index is 1.73. The topological polar surface area (TPSA) is 99.2 Å². The van der Waals surface area contributed by atoms with Crippen LogP contribution in [0.25, 0.3) is 0 Å². The molecule has 3 aromatic rings. The first-order chi connectivity index (χ1) is 18.2. The molecule has 0 fully saturated rings. The number of likely N-dealkylation sites (N-methyl/N-ethyl adjacent to an activating group) is 1. The molecule has 0 saturated heterocycles. The summed E-state index contributed by atoms with van der Waals surface area (Å²) in [5.74, 6) is -1.10. The Labute approximate surface area is 224 Å². The number of aliphatic imine (C=N–C) groups is 1. The quantitative estimate of drug-likeness (QED) is 0.387. The average Bonchev–Trinajstić information content (AvgIpc) is 3.25. The first-order valence-electron chi connectivity index (χ1n) is 12.6. The van der Waals surface area contributed by atoms with Crippen molar-refractivity contribution in [1.29, 1.82) is 0 Å². The average molecular weight is 533 g/mol. The lowest BCUT2D eigenvalue weighted by Gasteiger charge is -2.25. The van der Waals surface area contributed by atoms with Gasteiger partial charge in [-0.3, -0.25) is 18.9 Å². The number of para-hydroxylation sites is 1. The molecule has 1 aliphatic heterocycles. The van der Waals surface area contributed by atoms with Gasteiger partial charge in [-0.05, 0) is 47.9 Å². The fourth-order valence-corrected chi connectivity index (χ4v) is 5.89. The summed E-state index contributed by atoms with van der Waals surface area (Å²) in [6.45, 7) is 1.64. The summed E-state index contributed by atoms with van der Waals surface area (Å²) in [6.07, 6.45) is 1.23. The van der Waals surface area contributed by atoms with Crippen LogP contribution in [0.4, 0.5) is 17.1 Å². The van der Waals surface area contributed by atoms with E-state index in [9.17, 15) is 18.0 Å². The number of unbranched alkanes of at least 4 members (excludes halogenated alkanes) is 1. The van der Waals surface area contributed by atoms with E-state index in [2.05, 4.69) is 5.32 Å². The van der Waals surface area contributed by atoms with Gasteiger partial charge in [-0.2, -0.15) is 0 Å². The third-order valence-corrected chi connectivity index (χ3v) is 8.21. The molecule has 0 aliphatic carbocycles. The van der Waals surface area contributed by atoms with Crippen LogP contribution in [0.2, 0.25) is 0 Å². The van der Waals surface area contributed by atoms with Crippen LogP contribution in [0.3, 0.4) is 0 Å². The molecule has 0 spiro atoms. The van der Waals surface area contributed by atoms with E-state index in [1.54, 1.807) is 38.4 Å². The Morgan fingerprint density at radius 3 is 2.26 bits per heavy atom. The molecule has 3 aromatic carbocycles. The predicted octanol–water partition coefficient (Wildman–Crippen LogP) is 4.57. The van der Waals surface area contributed by atoms with Crippen molar-refractivity contribution in [2.75, 3.05) is 36.0 Å². The zero-order chi connectivity index (χ0) is 27.3. The number of hydrogen-bond acceptors (Lipinski definition) is 5. The molecule has 0 aromatic heterocycles. The Hall–Kier alpha value is -3.98. The van der Waals surface area contributed by atoms with Gasteiger partial charge < -0.3 is 10.2 Å². The molecule has 4 rings (SSSR count). The number of carbonyl (C=O) groups is 2. The van der Waals surface area contributed by atoms with Crippen LogP contribution in [0.15, 0.2) is 83.9 Å². The summed E-state index contributed by atoms with van der Waals surface area (Å²) < 4.78 is 27.4. The third-order valence-electron chi connectivity index (χ3n) is 6.39. The smallest absolute Gasteiger partial charge is 0.242 e. The monoisotopic (exact) mass is 532 g/mol. The maximum absolute atomic E-state index is 13.1. The van der Waals surface area contributed by atoms with E-state index < -0.39 is 15.9 Å². The largest absolute Gasteiger partial charge is 0.347 e. The van der Waals surface area contributed by atoms with E-state index >= 15 is 0 Å². The van der Waals surface area contributed by atoms with E-state index in [4.69, 9.17) is 4.99 Å². The molecular weight excluding hydrogens is 500 g/mol. The molecule has 1 aliphatic rings. The summed E-state index contributed by atoms with van der Waals surface area (Å²) in [5.41, 5.74) is 3.98. The van der Waals surface area contributed by atoms with Crippen LogP contribution in [0.1, 0.15) is 36.8 Å². The number of sulfonamides is 1. The van der Waals surface area contributed by atoms with Crippen LogP contribution < -0.4 is 9.62 Å². The SMILES string of the molecule is CCCCS(=O)(=O)N(CC(=O)N(C)C)c1ccc(N=C(c2ccccc2)C2C(=O)Nc3ccccc32)cc1. The van der Waals surface area contributed by atoms with Gasteiger partial charge in [0.15, 0.2) is 0 Å². The van der Waals surface area contributed by atoms with E-state index in [1.165, 1.54) is 4.90 Å². The number of nitrogens with one attached hydrogen (secondary N) is 1. The number of rotatable bonds is 10. The van der Waals surface area contributed by atoms with Crippen molar-refractivity contribution in [3.05, 3.63) is 90.0 Å². The summed E-state index contributed by atoms with van der Waals surface area (Å²) >= 11 is 0. The van der Waals surface area contributed by atoms with E-state index in [0.717, 1.165) is 27.5 Å². The second kappa shape index (κ2) is 11.6. The second-order valence-corrected chi connectivity index (χ2v) is 11.4. The van der Waals surface area contributed by atoms with Crippen LogP contribution in [0.5, 0.6) is 0 Å². The summed E-state index contributed by atoms with van der Waals surface area (Å²) in [5, 5.41) is 2.94. The van der Waals surface area contributed by atoms with Crippen LogP contribution in [-0.2, 0) is 19.6 Å². The Morgan fingerprint density at radius 2 is 1.61 bits per heavy atom. The molecule has 0 radical (unpaired) electrons. The second-order valence-electron chi connectivity index (χ2n) is 9.35. The number of benzene rings is 3. The number of fused-ring (bicyclic) bond motifs is 1. The van der Waals surface area contributed by atoms with Crippen molar-refractivity contribution in [3.63, 3.8) is 0 Å². The summed E-state index contributed by atoms with van der Waals surface area (Å²) in [7, 11) is -0.508. The Bertz CT molecular complexity index is 1430. The minimum Gasteiger partial charge on any atom is -0.347 e. The Morgan fingerprint density at radius 1 is 0.947 bits per heavy atom. The predicted molar refractivity (Wildman–Crippen MR) is 152 cm³/mol. The maximum atomic E-state index is 13.1. The van der Waals surface area contributed by atoms with Gasteiger partial charge >= 0.3 is 0 Å². The minimum absolute atomic E-state index is 0.0432. The maximum Gasteiger partial charge on any atom is 0.242 e. The molecule has 0 saturated carbocycles. The highest BCUT2D eigenvalue weighted by molar-refractivity contribution is 7.92. The van der Waals surface area contributed by atoms with Crippen molar-refractivity contribution < 1.29 is 18.0 Å². The minimum atomic E-state index is -3.70. The lowest BCUT2D eigenvalue weighted by molar-refractivity contribution is -0.127. The molecule has 2 amide bonds. The zero-order valence-corrected chi connectivity index (χ0v) is 22.6. The van der Waals surface area contributed by atoms with E-state index in [1.807, 2.05) is 61.5 Å². The van der Waals surface area contributed by atoms with E-state index in [0.29, 0.717) is 23.5 Å². The van der Waals surface area contributed by atoms with Gasteiger partial charge in [-0.1, -0.05) is 61.9 Å². The fraction of sp³-hybridized carbons (Fsp3) is 0.276. The van der Waals surface area contributed by atoms with Crippen molar-refractivity contribution in [2.45, 2.75) is 25.7 Å². The van der Waals surface area contributed by atoms with Gasteiger partial charge in [0.25, 0.3) is 0 Å². The number of anilines is 2. The normalized spacial score (nSPS) is 15.1. The zero-order valence-electron chi connectivity index (χ0n) is 21.8. The van der Waals surface area contributed by atoms with Gasteiger partial charge in [0.1, 0.15) is 12.5 Å². The molecule has 1 heterocycles. The summed E-state index contributed by atoms with van der Waals surface area (Å²) in [4.78, 5) is 31.7. The number of amides is 2. The van der Waals surface area contributed by atoms with Gasteiger partial charge in [-0.25, -0.2) is 8.42 Å². The highest BCUT2D eigenvalue weighted by Gasteiger charge is 2.35. The highest BCUT2D eigenvalue weighted by Crippen LogP contribution is 2.36. The molecule has 38 heavy (non-hydrogen) atoms. The fourth-order valence-electron chi connectivity index (χ4n) is 4.27. The first kappa shape index (κ1) is 27.1. The van der Waals surface area contributed by atoms with Crippen molar-refractivity contribution in [3.8, 4) is 0 Å². The van der Waals surface area contributed by atoms with Crippen LogP contribution in [-0.4, -0.2) is 57.2 Å². The molecular formula is C29H32N4O4S. The molecule has 1 N–H and O–H groups in total. The van der Waals surface area contributed by atoms with Crippen LogP contribution in [0, 0.1) is 0 Å². The van der Waals surface area contributed by atoms with Gasteiger partial charge in [0.05, 0.1) is 22.8 Å². The lowest BCUT2D eigenvalue weighted by atomic mass is 9.90. The standard InChI is InChI=1S/C29H32N4O4S/c1-4-5-19-38(36,37)33(20-26(34)32(2)3)23-17-15-22(16-18-23)30-28(21-11-7-6-8-12-21)27-24-13-9-10-14-25(24)31-29(27)35/h6-18,27H,4-5,19-20H2,1-3H3,(H,31,35).